The molecule has 0 bridgehead atoms. The molecule has 37 heavy (non-hydrogen) atoms. The summed E-state index contributed by atoms with van der Waals surface area (Å²) in [6, 6.07) is 19.9. The van der Waals surface area contributed by atoms with Crippen molar-refractivity contribution in [3.8, 4) is 0 Å². The van der Waals surface area contributed by atoms with Gasteiger partial charge in [-0.25, -0.2) is 0 Å². The normalized spacial score (nSPS) is 21.5. The first kappa shape index (κ1) is 24.0. The molecule has 5 nitrogen and oxygen atoms in total. The molecule has 1 unspecified atom stereocenters. The number of alkyl halides is 3. The molecule has 1 aliphatic carbocycles. The summed E-state index contributed by atoms with van der Waals surface area (Å²) in [7, 11) is 0. The van der Waals surface area contributed by atoms with Crippen LogP contribution in [0.2, 0.25) is 0 Å². The lowest BCUT2D eigenvalue weighted by atomic mass is 9.91. The van der Waals surface area contributed by atoms with E-state index in [9.17, 15) is 18.0 Å². The number of pyridine rings is 1. The number of hydrogen-bond acceptors (Lipinski definition) is 4. The molecule has 1 amide bonds. The van der Waals surface area contributed by atoms with E-state index in [1.54, 1.807) is 33.2 Å². The van der Waals surface area contributed by atoms with E-state index in [2.05, 4.69) is 22.3 Å². The number of aromatic nitrogens is 3. The molecular formula is C28H25F3N4OS. The van der Waals surface area contributed by atoms with Crippen molar-refractivity contribution in [2.75, 3.05) is 13.1 Å². The summed E-state index contributed by atoms with van der Waals surface area (Å²) in [6.45, 7) is 1.07. The zero-order valence-electron chi connectivity index (χ0n) is 19.9. The molecule has 3 heterocycles. The van der Waals surface area contributed by atoms with E-state index in [1.165, 1.54) is 17.7 Å². The molecule has 0 spiro atoms. The number of nitrogens with zero attached hydrogens (tertiary/aromatic N) is 4. The van der Waals surface area contributed by atoms with Crippen LogP contribution in [-0.4, -0.2) is 38.5 Å². The van der Waals surface area contributed by atoms with Gasteiger partial charge in [0, 0.05) is 29.9 Å². The second-order valence-corrected chi connectivity index (χ2v) is 10.9. The molecule has 2 aromatic heterocycles. The zero-order valence-corrected chi connectivity index (χ0v) is 20.8. The highest BCUT2D eigenvalue weighted by Crippen LogP contribution is 2.49. The third-order valence-electron chi connectivity index (χ3n) is 7.56. The molecule has 1 saturated carbocycles. The average Bonchev–Trinajstić information content (AvgIpc) is 3.60. The summed E-state index contributed by atoms with van der Waals surface area (Å²) in [6.07, 6.45) is -1.15. The van der Waals surface area contributed by atoms with Gasteiger partial charge in [-0.1, -0.05) is 48.5 Å². The maximum atomic E-state index is 13.5. The Balaban J connectivity index is 1.15. The van der Waals surface area contributed by atoms with Crippen LogP contribution in [0.4, 0.5) is 13.2 Å². The summed E-state index contributed by atoms with van der Waals surface area (Å²) in [4.78, 5) is 16.2. The van der Waals surface area contributed by atoms with Crippen molar-refractivity contribution >= 4 is 23.3 Å². The van der Waals surface area contributed by atoms with Gasteiger partial charge < -0.3 is 4.90 Å². The summed E-state index contributed by atoms with van der Waals surface area (Å²) in [5, 5.41) is 8.36. The minimum absolute atomic E-state index is 0.136. The predicted octanol–water partition coefficient (Wildman–Crippen LogP) is 6.31. The molecule has 9 heteroatoms. The van der Waals surface area contributed by atoms with E-state index >= 15 is 0 Å². The minimum atomic E-state index is -4.36. The fourth-order valence-corrected chi connectivity index (χ4v) is 6.69. The van der Waals surface area contributed by atoms with Crippen molar-refractivity contribution in [1.82, 2.24) is 19.5 Å². The number of benzene rings is 2. The maximum absolute atomic E-state index is 13.5. The first-order chi connectivity index (χ1) is 17.9. The Morgan fingerprint density at radius 3 is 2.35 bits per heavy atom. The van der Waals surface area contributed by atoms with Crippen LogP contribution >= 0.6 is 11.8 Å². The second-order valence-electron chi connectivity index (χ2n) is 9.87. The van der Waals surface area contributed by atoms with Crippen molar-refractivity contribution in [3.63, 3.8) is 0 Å². The van der Waals surface area contributed by atoms with Gasteiger partial charge >= 0.3 is 6.18 Å². The molecular weight excluding hydrogens is 497 g/mol. The van der Waals surface area contributed by atoms with Gasteiger partial charge in [-0.15, -0.1) is 22.0 Å². The summed E-state index contributed by atoms with van der Waals surface area (Å²) in [5.41, 5.74) is 1.66. The Hall–Kier alpha value is -3.33. The molecule has 4 aromatic rings. The lowest BCUT2D eigenvalue weighted by Gasteiger charge is -2.21. The SMILES string of the molecule is O=C(c1nnc2ccc(SCc3ccccc3)cn12)N1C[C@H]2CC(c3ccccc3C(F)(F)F)C[C@H]2C1. The summed E-state index contributed by atoms with van der Waals surface area (Å²) >= 11 is 1.68. The largest absolute Gasteiger partial charge is 0.416 e. The van der Waals surface area contributed by atoms with E-state index in [1.807, 2.05) is 36.5 Å². The van der Waals surface area contributed by atoms with Gasteiger partial charge in [0.05, 0.1) is 5.56 Å². The number of carbonyl (C=O) groups is 1. The monoisotopic (exact) mass is 522 g/mol. The van der Waals surface area contributed by atoms with Crippen LogP contribution in [-0.2, 0) is 11.9 Å². The Morgan fingerprint density at radius 1 is 0.919 bits per heavy atom. The lowest BCUT2D eigenvalue weighted by Crippen LogP contribution is -2.31. The number of hydrogen-bond donors (Lipinski definition) is 0. The van der Waals surface area contributed by atoms with Gasteiger partial charge in [0.1, 0.15) is 0 Å². The molecule has 2 fully saturated rings. The minimum Gasteiger partial charge on any atom is -0.335 e. The maximum Gasteiger partial charge on any atom is 0.416 e. The van der Waals surface area contributed by atoms with E-state index in [-0.39, 0.29) is 29.5 Å². The first-order valence-electron chi connectivity index (χ1n) is 12.3. The fourth-order valence-electron chi connectivity index (χ4n) is 5.82. The zero-order chi connectivity index (χ0) is 25.6. The Kier molecular flexibility index (Phi) is 6.18. The predicted molar refractivity (Wildman–Crippen MR) is 135 cm³/mol. The second kappa shape index (κ2) is 9.52. The summed E-state index contributed by atoms with van der Waals surface area (Å²) in [5.74, 6) is 1.14. The van der Waals surface area contributed by atoms with Gasteiger partial charge in [0.25, 0.3) is 5.91 Å². The number of rotatable bonds is 5. The van der Waals surface area contributed by atoms with Crippen molar-refractivity contribution in [2.45, 2.75) is 35.6 Å². The van der Waals surface area contributed by atoms with E-state index in [0.717, 1.165) is 10.6 Å². The Bertz CT molecular complexity index is 1420. The first-order valence-corrected chi connectivity index (χ1v) is 13.3. The fraction of sp³-hybridized carbons (Fsp3) is 0.321. The summed E-state index contributed by atoms with van der Waals surface area (Å²) < 4.78 is 42.4. The van der Waals surface area contributed by atoms with Crippen molar-refractivity contribution in [1.29, 1.82) is 0 Å². The van der Waals surface area contributed by atoms with Crippen LogP contribution in [0.5, 0.6) is 0 Å². The lowest BCUT2D eigenvalue weighted by molar-refractivity contribution is -0.138. The molecule has 6 rings (SSSR count). The molecule has 190 valence electrons. The number of thioether (sulfide) groups is 1. The molecule has 3 atom stereocenters. The quantitative estimate of drug-likeness (QED) is 0.289. The van der Waals surface area contributed by atoms with Crippen LogP contribution in [0.25, 0.3) is 5.65 Å². The van der Waals surface area contributed by atoms with E-state index in [4.69, 9.17) is 0 Å². The number of carbonyl (C=O) groups excluding carboxylic acids is 1. The molecule has 1 saturated heterocycles. The van der Waals surface area contributed by atoms with Gasteiger partial charge in [0.2, 0.25) is 5.82 Å². The van der Waals surface area contributed by atoms with Gasteiger partial charge in [-0.3, -0.25) is 9.20 Å². The smallest absolute Gasteiger partial charge is 0.335 e. The molecule has 2 aliphatic rings. The van der Waals surface area contributed by atoms with Gasteiger partial charge in [0.15, 0.2) is 5.65 Å². The van der Waals surface area contributed by atoms with E-state index in [0.29, 0.717) is 37.1 Å². The molecule has 1 aliphatic heterocycles. The Morgan fingerprint density at radius 2 is 1.62 bits per heavy atom. The van der Waals surface area contributed by atoms with Crippen molar-refractivity contribution in [2.24, 2.45) is 11.8 Å². The number of likely N-dealkylation sites (tertiary alicyclic amines) is 1. The van der Waals surface area contributed by atoms with Crippen LogP contribution in [0.3, 0.4) is 0 Å². The van der Waals surface area contributed by atoms with Crippen LogP contribution in [0, 0.1) is 11.8 Å². The van der Waals surface area contributed by atoms with Crippen LogP contribution in [0.1, 0.15) is 46.1 Å². The number of fused-ring (bicyclic) bond motifs is 2. The highest BCUT2D eigenvalue weighted by Gasteiger charge is 2.45. The van der Waals surface area contributed by atoms with Gasteiger partial charge in [-0.2, -0.15) is 13.2 Å². The van der Waals surface area contributed by atoms with Crippen LogP contribution < -0.4 is 0 Å². The molecule has 0 radical (unpaired) electrons. The highest BCUT2D eigenvalue weighted by atomic mass is 32.2. The van der Waals surface area contributed by atoms with Crippen molar-refractivity contribution in [3.05, 3.63) is 95.4 Å². The third kappa shape index (κ3) is 4.72. The molecule has 2 aromatic carbocycles. The standard InChI is InChI=1S/C28H25F3N4OS/c29-28(30,31)24-9-5-4-8-23(24)19-12-20-14-34(15-21(20)13-19)27(36)26-33-32-25-11-10-22(16-35(25)26)37-17-18-6-2-1-3-7-18/h1-11,16,19-21H,12-15,17H2/t19?,20-,21+. The third-order valence-corrected chi connectivity index (χ3v) is 8.61. The van der Waals surface area contributed by atoms with E-state index < -0.39 is 11.7 Å². The topological polar surface area (TPSA) is 50.5 Å². The highest BCUT2D eigenvalue weighted by molar-refractivity contribution is 7.98. The average molecular weight is 523 g/mol. The molecule has 0 N–H and O–H groups in total. The van der Waals surface area contributed by atoms with Crippen molar-refractivity contribution < 1.29 is 18.0 Å². The van der Waals surface area contributed by atoms with Crippen LogP contribution in [0.15, 0.2) is 77.8 Å². The number of amides is 1. The van der Waals surface area contributed by atoms with Gasteiger partial charge in [-0.05, 0) is 59.9 Å². The number of halogens is 3. The Labute approximate surface area is 216 Å².